The van der Waals surface area contributed by atoms with Crippen molar-refractivity contribution in [1.82, 2.24) is 0 Å². The van der Waals surface area contributed by atoms with Crippen molar-refractivity contribution in [2.45, 2.75) is 13.8 Å². The van der Waals surface area contributed by atoms with Gasteiger partial charge in [0.1, 0.15) is 5.75 Å². The van der Waals surface area contributed by atoms with Gasteiger partial charge in [0.15, 0.2) is 0 Å². The molecule has 12 heteroatoms. The number of rotatable bonds is 4. The second-order valence-electron chi connectivity index (χ2n) is 3.64. The smallest absolute Gasteiger partial charge is 0.761 e. The van der Waals surface area contributed by atoms with Crippen molar-refractivity contribution < 1.29 is 96.8 Å². The van der Waals surface area contributed by atoms with Crippen molar-refractivity contribution in [3.8, 4) is 5.75 Å². The van der Waals surface area contributed by atoms with Crippen molar-refractivity contribution in [2.24, 2.45) is 0 Å². The SMILES string of the molecule is Cc1cccc(C)c1OP(=O)([O-])C(=O)OP(=O)([O-])O.[Na+].[Na+]. The Morgan fingerprint density at radius 1 is 1.14 bits per heavy atom. The Balaban J connectivity index is 0. The van der Waals surface area contributed by atoms with E-state index < -0.39 is 21.1 Å². The Kier molecular flexibility index (Phi) is 10.6. The fourth-order valence-corrected chi connectivity index (χ4v) is 2.76. The molecule has 106 valence electrons. The monoisotopic (exact) mass is 354 g/mol. The molecule has 0 amide bonds. The number of aryl methyl sites for hydroxylation is 2. The summed E-state index contributed by atoms with van der Waals surface area (Å²) in [4.78, 5) is 41.1. The molecule has 0 spiro atoms. The molecule has 0 aromatic heterocycles. The van der Waals surface area contributed by atoms with E-state index in [1.165, 1.54) is 26.0 Å². The van der Waals surface area contributed by atoms with Crippen molar-refractivity contribution in [3.63, 3.8) is 0 Å². The molecule has 1 aromatic carbocycles. The Morgan fingerprint density at radius 2 is 1.57 bits per heavy atom. The summed E-state index contributed by atoms with van der Waals surface area (Å²) in [6.07, 6.45) is 0. The molecule has 0 aliphatic heterocycles. The van der Waals surface area contributed by atoms with Crippen molar-refractivity contribution in [2.75, 3.05) is 0 Å². The quantitative estimate of drug-likeness (QED) is 0.419. The summed E-state index contributed by atoms with van der Waals surface area (Å²) in [5.41, 5.74) is -1.33. The van der Waals surface area contributed by atoms with E-state index >= 15 is 0 Å². The predicted octanol–water partition coefficient (Wildman–Crippen LogP) is -5.16. The van der Waals surface area contributed by atoms with Gasteiger partial charge in [-0.1, -0.05) is 18.2 Å². The van der Waals surface area contributed by atoms with Crippen LogP contribution < -0.4 is 73.4 Å². The molecule has 1 rings (SSSR count). The molecular weight excluding hydrogens is 344 g/mol. The second kappa shape index (κ2) is 9.21. The number of para-hydroxylation sites is 1. The summed E-state index contributed by atoms with van der Waals surface area (Å²) in [6.45, 7) is 3.08. The summed E-state index contributed by atoms with van der Waals surface area (Å²) in [5, 5.41) is 0. The van der Waals surface area contributed by atoms with Gasteiger partial charge in [-0.25, -0.2) is 4.79 Å². The van der Waals surface area contributed by atoms with Gasteiger partial charge in [0, 0.05) is 0 Å². The first kappa shape index (κ1) is 24.1. The minimum absolute atomic E-state index is 0. The van der Waals surface area contributed by atoms with Crippen LogP contribution in [0.15, 0.2) is 18.2 Å². The van der Waals surface area contributed by atoms with Crippen molar-refractivity contribution >= 4 is 21.1 Å². The average molecular weight is 354 g/mol. The van der Waals surface area contributed by atoms with E-state index in [-0.39, 0.29) is 64.9 Å². The van der Waals surface area contributed by atoms with E-state index in [2.05, 4.69) is 9.05 Å². The minimum Gasteiger partial charge on any atom is -0.761 e. The van der Waals surface area contributed by atoms with Crippen LogP contribution in [0.1, 0.15) is 11.1 Å². The van der Waals surface area contributed by atoms with Crippen LogP contribution in [0.2, 0.25) is 0 Å². The van der Waals surface area contributed by atoms with Crippen molar-refractivity contribution in [1.29, 1.82) is 0 Å². The molecule has 8 nitrogen and oxygen atoms in total. The molecule has 0 fully saturated rings. The standard InChI is InChI=1S/C9H12O8P2.2Na/c1-6-4-3-5-7(2)8(6)16-18(11,12)9(10)17-19(13,14)15;;/h3-5H,1-2H3,(H,11,12)(H2,13,14,15);;/q;2*+1/p-2. The molecule has 0 aliphatic carbocycles. The summed E-state index contributed by atoms with van der Waals surface area (Å²) in [7, 11) is -10.8. The molecule has 2 unspecified atom stereocenters. The fourth-order valence-electron chi connectivity index (χ4n) is 1.25. The van der Waals surface area contributed by atoms with E-state index in [0.717, 1.165) is 0 Å². The summed E-state index contributed by atoms with van der Waals surface area (Å²) in [6, 6.07) is 4.72. The van der Waals surface area contributed by atoms with E-state index in [1.807, 2.05) is 0 Å². The van der Waals surface area contributed by atoms with E-state index in [0.29, 0.717) is 11.1 Å². The van der Waals surface area contributed by atoms with Gasteiger partial charge in [0.25, 0.3) is 7.60 Å². The fraction of sp³-hybridized carbons (Fsp3) is 0.222. The molecule has 0 heterocycles. The zero-order valence-electron chi connectivity index (χ0n) is 11.9. The van der Waals surface area contributed by atoms with Crippen LogP contribution in [-0.4, -0.2) is 10.6 Å². The number of carbonyl (C=O) groups excluding carboxylic acids is 1. The Bertz CT molecular complexity index is 579. The molecule has 2 atom stereocenters. The van der Waals surface area contributed by atoms with Crippen LogP contribution in [0.25, 0.3) is 0 Å². The molecule has 0 saturated carbocycles. The first-order valence-corrected chi connectivity index (χ1v) is 7.91. The topological polar surface area (TPSA) is 136 Å². The van der Waals surface area contributed by atoms with E-state index in [1.54, 1.807) is 6.07 Å². The first-order chi connectivity index (χ1) is 8.53. The van der Waals surface area contributed by atoms with Crippen LogP contribution in [0.5, 0.6) is 5.75 Å². The van der Waals surface area contributed by atoms with E-state index in [4.69, 9.17) is 4.89 Å². The van der Waals surface area contributed by atoms with Crippen LogP contribution in [-0.2, 0) is 13.7 Å². The molecule has 1 aromatic rings. The molecular formula is C9H10Na2O8P2. The third-order valence-corrected chi connectivity index (χ3v) is 3.54. The number of phosphoric acid groups is 1. The molecule has 0 bridgehead atoms. The maximum Gasteiger partial charge on any atom is 1.00 e. The largest absolute Gasteiger partial charge is 1.00 e. The molecule has 0 saturated heterocycles. The van der Waals surface area contributed by atoms with Gasteiger partial charge in [0.05, 0.1) is 0 Å². The predicted molar refractivity (Wildman–Crippen MR) is 60.5 cm³/mol. The Labute approximate surface area is 165 Å². The molecule has 0 radical (unpaired) electrons. The van der Waals surface area contributed by atoms with Gasteiger partial charge in [-0.05, 0) is 25.0 Å². The number of hydrogen-bond donors (Lipinski definition) is 1. The maximum absolute atomic E-state index is 11.4. The summed E-state index contributed by atoms with van der Waals surface area (Å²) < 4.78 is 29.6. The third kappa shape index (κ3) is 7.77. The summed E-state index contributed by atoms with van der Waals surface area (Å²) in [5.74, 6) is -0.101. The average Bonchev–Trinajstić information content (AvgIpc) is 2.21. The van der Waals surface area contributed by atoms with Crippen LogP contribution >= 0.6 is 15.4 Å². The molecule has 0 aliphatic rings. The maximum atomic E-state index is 11.4. The second-order valence-corrected chi connectivity index (χ2v) is 6.30. The van der Waals surface area contributed by atoms with Crippen molar-refractivity contribution in [3.05, 3.63) is 29.3 Å². The summed E-state index contributed by atoms with van der Waals surface area (Å²) >= 11 is 0. The van der Waals surface area contributed by atoms with Gasteiger partial charge in [-0.15, -0.1) is 0 Å². The minimum atomic E-state index is -5.50. The van der Waals surface area contributed by atoms with Gasteiger partial charge < -0.3 is 23.7 Å². The molecule has 21 heavy (non-hydrogen) atoms. The van der Waals surface area contributed by atoms with Gasteiger partial charge in [-0.2, -0.15) is 0 Å². The number of carbonyl (C=O) groups is 1. The third-order valence-electron chi connectivity index (χ3n) is 2.04. The van der Waals surface area contributed by atoms with E-state index in [9.17, 15) is 23.7 Å². The zero-order chi connectivity index (χ0) is 14.8. The number of phosphoric ester groups is 1. The Hall–Kier alpha value is 0.830. The number of hydrogen-bond acceptors (Lipinski definition) is 7. The van der Waals surface area contributed by atoms with Gasteiger partial charge in [-0.3, -0.25) is 9.13 Å². The van der Waals surface area contributed by atoms with Gasteiger partial charge in [0.2, 0.25) is 0 Å². The first-order valence-electron chi connectivity index (χ1n) is 4.88. The zero-order valence-corrected chi connectivity index (χ0v) is 17.7. The number of benzene rings is 1. The van der Waals surface area contributed by atoms with Crippen LogP contribution in [0.4, 0.5) is 4.79 Å². The normalized spacial score (nSPS) is 15.5. The van der Waals surface area contributed by atoms with Gasteiger partial charge >= 0.3 is 72.6 Å². The van der Waals surface area contributed by atoms with Crippen LogP contribution in [0, 0.1) is 13.8 Å². The van der Waals surface area contributed by atoms with Crippen LogP contribution in [0.3, 0.4) is 0 Å². The Morgan fingerprint density at radius 3 is 1.95 bits per heavy atom. The molecule has 1 N–H and O–H groups in total.